The smallest absolute Gasteiger partial charge is 0.254 e. The Morgan fingerprint density at radius 3 is 2.60 bits per heavy atom. The highest BCUT2D eigenvalue weighted by Gasteiger charge is 2.31. The van der Waals surface area contributed by atoms with Gasteiger partial charge in [0.1, 0.15) is 17.6 Å². The van der Waals surface area contributed by atoms with Gasteiger partial charge in [-0.2, -0.15) is 0 Å². The summed E-state index contributed by atoms with van der Waals surface area (Å²) in [5.74, 6) is 1.43. The Hall–Kier alpha value is -2.60. The van der Waals surface area contributed by atoms with Crippen LogP contribution in [0.5, 0.6) is 0 Å². The second kappa shape index (κ2) is 7.53. The quantitative estimate of drug-likeness (QED) is 0.927. The number of rotatable bonds is 4. The van der Waals surface area contributed by atoms with Gasteiger partial charge in [-0.1, -0.05) is 6.92 Å². The molecule has 0 spiro atoms. The topological polar surface area (TPSA) is 71.8 Å². The van der Waals surface area contributed by atoms with E-state index in [1.165, 1.54) is 6.92 Å². The highest BCUT2D eigenvalue weighted by molar-refractivity contribution is 5.95. The molecule has 1 aromatic heterocycles. The average Bonchev–Trinajstić information content (AvgIpc) is 3.10. The molecule has 1 aliphatic heterocycles. The fourth-order valence-corrected chi connectivity index (χ4v) is 2.91. The normalized spacial score (nSPS) is 17.4. The summed E-state index contributed by atoms with van der Waals surface area (Å²) >= 11 is 0. The first-order chi connectivity index (χ1) is 12.1. The summed E-state index contributed by atoms with van der Waals surface area (Å²) in [5, 5.41) is 2.70. The molecule has 2 aromatic rings. The molecular weight excluding hydrogens is 320 g/mol. The molecule has 1 unspecified atom stereocenters. The highest BCUT2D eigenvalue weighted by atomic mass is 16.5. The third-order valence-corrected chi connectivity index (χ3v) is 4.20. The summed E-state index contributed by atoms with van der Waals surface area (Å²) in [6, 6.07) is 10.5. The predicted octanol–water partition coefficient (Wildman–Crippen LogP) is 3.01. The van der Waals surface area contributed by atoms with Gasteiger partial charge in [-0.05, 0) is 36.4 Å². The van der Waals surface area contributed by atoms with Crippen molar-refractivity contribution in [1.82, 2.24) is 4.90 Å². The maximum Gasteiger partial charge on any atom is 0.254 e. The summed E-state index contributed by atoms with van der Waals surface area (Å²) in [7, 11) is 0. The number of carbonyl (C=O) groups excluding carboxylic acids is 2. The molecule has 1 atom stereocenters. The summed E-state index contributed by atoms with van der Waals surface area (Å²) in [6.07, 6.45) is 0.812. The lowest BCUT2D eigenvalue weighted by Crippen LogP contribution is -2.43. The largest absolute Gasteiger partial charge is 0.464 e. The van der Waals surface area contributed by atoms with Crippen LogP contribution in [0, 0.1) is 0 Å². The van der Waals surface area contributed by atoms with Crippen LogP contribution in [0.15, 0.2) is 40.8 Å². The van der Waals surface area contributed by atoms with Gasteiger partial charge in [-0.3, -0.25) is 9.59 Å². The standard InChI is InChI=1S/C19H22N2O4/c1-3-16-8-9-18(25-16)17-12-24-11-10-21(17)19(23)14-4-6-15(7-5-14)20-13(2)22/h4-9,17H,3,10-12H2,1-2H3,(H,20,22). The molecule has 1 saturated heterocycles. The Labute approximate surface area is 146 Å². The lowest BCUT2D eigenvalue weighted by atomic mass is 10.1. The van der Waals surface area contributed by atoms with Gasteiger partial charge in [0.05, 0.1) is 13.2 Å². The van der Waals surface area contributed by atoms with E-state index in [0.29, 0.717) is 31.0 Å². The van der Waals surface area contributed by atoms with Crippen LogP contribution in [0.4, 0.5) is 5.69 Å². The van der Waals surface area contributed by atoms with E-state index in [4.69, 9.17) is 9.15 Å². The van der Waals surface area contributed by atoms with Gasteiger partial charge >= 0.3 is 0 Å². The Morgan fingerprint density at radius 2 is 1.96 bits per heavy atom. The summed E-state index contributed by atoms with van der Waals surface area (Å²) in [6.45, 7) is 4.92. The first-order valence-corrected chi connectivity index (χ1v) is 8.43. The average molecular weight is 342 g/mol. The van der Waals surface area contributed by atoms with Crippen molar-refractivity contribution in [3.63, 3.8) is 0 Å². The molecule has 0 saturated carbocycles. The zero-order valence-corrected chi connectivity index (χ0v) is 14.5. The molecule has 0 radical (unpaired) electrons. The minimum absolute atomic E-state index is 0.0721. The number of carbonyl (C=O) groups is 2. The van der Waals surface area contributed by atoms with Gasteiger partial charge in [0, 0.05) is 31.1 Å². The molecule has 0 aliphatic carbocycles. The van der Waals surface area contributed by atoms with Crippen LogP contribution in [-0.4, -0.2) is 36.5 Å². The van der Waals surface area contributed by atoms with E-state index in [0.717, 1.165) is 17.9 Å². The Kier molecular flexibility index (Phi) is 5.19. The molecule has 132 valence electrons. The Balaban J connectivity index is 1.79. The van der Waals surface area contributed by atoms with Crippen molar-refractivity contribution in [2.24, 2.45) is 0 Å². The molecular formula is C19H22N2O4. The van der Waals surface area contributed by atoms with Crippen LogP contribution >= 0.6 is 0 Å². The fourth-order valence-electron chi connectivity index (χ4n) is 2.91. The zero-order chi connectivity index (χ0) is 17.8. The number of furan rings is 1. The van der Waals surface area contributed by atoms with E-state index < -0.39 is 0 Å². The van der Waals surface area contributed by atoms with E-state index in [-0.39, 0.29) is 17.9 Å². The van der Waals surface area contributed by atoms with Crippen molar-refractivity contribution >= 4 is 17.5 Å². The zero-order valence-electron chi connectivity index (χ0n) is 14.5. The molecule has 25 heavy (non-hydrogen) atoms. The van der Waals surface area contributed by atoms with E-state index in [2.05, 4.69) is 5.32 Å². The number of hydrogen-bond acceptors (Lipinski definition) is 4. The van der Waals surface area contributed by atoms with Gasteiger partial charge < -0.3 is 19.4 Å². The summed E-state index contributed by atoms with van der Waals surface area (Å²) in [4.78, 5) is 25.8. The van der Waals surface area contributed by atoms with Gasteiger partial charge in [-0.15, -0.1) is 0 Å². The third-order valence-electron chi connectivity index (χ3n) is 4.20. The molecule has 2 heterocycles. The first kappa shape index (κ1) is 17.2. The van der Waals surface area contributed by atoms with Crippen molar-refractivity contribution in [1.29, 1.82) is 0 Å². The number of nitrogens with one attached hydrogen (secondary N) is 1. The SMILES string of the molecule is CCc1ccc(C2COCCN2C(=O)c2ccc(NC(C)=O)cc2)o1. The monoisotopic (exact) mass is 342 g/mol. The molecule has 1 aromatic carbocycles. The van der Waals surface area contributed by atoms with Gasteiger partial charge in [0.25, 0.3) is 5.91 Å². The lowest BCUT2D eigenvalue weighted by molar-refractivity contribution is -0.114. The van der Waals surface area contributed by atoms with E-state index >= 15 is 0 Å². The Bertz CT molecular complexity index is 751. The van der Waals surface area contributed by atoms with Crippen LogP contribution in [-0.2, 0) is 16.0 Å². The molecule has 1 fully saturated rings. The van der Waals surface area contributed by atoms with Gasteiger partial charge in [-0.25, -0.2) is 0 Å². The number of morpholine rings is 1. The molecule has 1 aliphatic rings. The van der Waals surface area contributed by atoms with Crippen LogP contribution in [0.2, 0.25) is 0 Å². The minimum Gasteiger partial charge on any atom is -0.464 e. The Morgan fingerprint density at radius 1 is 1.20 bits per heavy atom. The molecule has 6 nitrogen and oxygen atoms in total. The summed E-state index contributed by atoms with van der Waals surface area (Å²) in [5.41, 5.74) is 1.24. The number of aryl methyl sites for hydroxylation is 1. The molecule has 2 amide bonds. The number of anilines is 1. The maximum atomic E-state index is 12.9. The second-order valence-corrected chi connectivity index (χ2v) is 6.01. The maximum absolute atomic E-state index is 12.9. The van der Waals surface area contributed by atoms with Crippen LogP contribution in [0.3, 0.4) is 0 Å². The number of ether oxygens (including phenoxy) is 1. The van der Waals surface area contributed by atoms with Crippen LogP contribution in [0.1, 0.15) is 41.8 Å². The fraction of sp³-hybridized carbons (Fsp3) is 0.368. The third kappa shape index (κ3) is 3.91. The number of hydrogen-bond donors (Lipinski definition) is 1. The minimum atomic E-state index is -0.225. The number of benzene rings is 1. The predicted molar refractivity (Wildman–Crippen MR) is 93.4 cm³/mol. The molecule has 6 heteroatoms. The molecule has 0 bridgehead atoms. The van der Waals surface area contributed by atoms with Crippen molar-refractivity contribution in [2.75, 3.05) is 25.1 Å². The molecule has 1 N–H and O–H groups in total. The van der Waals surface area contributed by atoms with E-state index in [9.17, 15) is 9.59 Å². The van der Waals surface area contributed by atoms with Crippen molar-refractivity contribution in [3.8, 4) is 0 Å². The van der Waals surface area contributed by atoms with Crippen molar-refractivity contribution in [2.45, 2.75) is 26.3 Å². The van der Waals surface area contributed by atoms with E-state index in [1.54, 1.807) is 29.2 Å². The number of nitrogens with zero attached hydrogens (tertiary/aromatic N) is 1. The van der Waals surface area contributed by atoms with Crippen LogP contribution < -0.4 is 5.32 Å². The number of amides is 2. The lowest BCUT2D eigenvalue weighted by Gasteiger charge is -2.34. The highest BCUT2D eigenvalue weighted by Crippen LogP contribution is 2.28. The summed E-state index contributed by atoms with van der Waals surface area (Å²) < 4.78 is 11.4. The van der Waals surface area contributed by atoms with Gasteiger partial charge in [0.2, 0.25) is 5.91 Å². The van der Waals surface area contributed by atoms with E-state index in [1.807, 2.05) is 19.1 Å². The van der Waals surface area contributed by atoms with Crippen molar-refractivity contribution < 1.29 is 18.7 Å². The molecule has 3 rings (SSSR count). The van der Waals surface area contributed by atoms with Gasteiger partial charge in [0.15, 0.2) is 0 Å². The first-order valence-electron chi connectivity index (χ1n) is 8.43. The van der Waals surface area contributed by atoms with Crippen molar-refractivity contribution in [3.05, 3.63) is 53.5 Å². The second-order valence-electron chi connectivity index (χ2n) is 6.01. The van der Waals surface area contributed by atoms with Crippen LogP contribution in [0.25, 0.3) is 0 Å².